The van der Waals surface area contributed by atoms with Crippen LogP contribution in [0.25, 0.3) is 0 Å². The third-order valence-electron chi connectivity index (χ3n) is 1.56. The average Bonchev–Trinajstić information content (AvgIpc) is 2.14. The smallest absolute Gasteiger partial charge is 0.434 e. The Kier molecular flexibility index (Phi) is 8.83. The maximum absolute atomic E-state index is 10.8. The zero-order valence-corrected chi connectivity index (χ0v) is 8.54. The van der Waals surface area contributed by atoms with Crippen molar-refractivity contribution in [3.05, 3.63) is 6.61 Å². The van der Waals surface area contributed by atoms with Crippen molar-refractivity contribution in [1.29, 1.82) is 0 Å². The molecule has 0 aromatic rings. The number of hydrogen-bond acceptors (Lipinski definition) is 3. The van der Waals surface area contributed by atoms with Crippen molar-refractivity contribution in [3.63, 3.8) is 0 Å². The molecule has 0 saturated carbocycles. The lowest BCUT2D eigenvalue weighted by atomic mass is 10.2. The van der Waals surface area contributed by atoms with Gasteiger partial charge in [-0.3, -0.25) is 0 Å². The fourth-order valence-electron chi connectivity index (χ4n) is 0.870. The van der Waals surface area contributed by atoms with Crippen LogP contribution in [0.2, 0.25) is 0 Å². The predicted molar refractivity (Wildman–Crippen MR) is 51.2 cm³/mol. The van der Waals surface area contributed by atoms with Gasteiger partial charge >= 0.3 is 6.16 Å². The average molecular weight is 187 g/mol. The van der Waals surface area contributed by atoms with Gasteiger partial charge in [-0.2, -0.15) is 0 Å². The van der Waals surface area contributed by atoms with Crippen LogP contribution in [0.15, 0.2) is 0 Å². The molecule has 0 N–H and O–H groups in total. The van der Waals surface area contributed by atoms with Gasteiger partial charge in [0.1, 0.15) is 6.61 Å². The molecule has 3 nitrogen and oxygen atoms in total. The molecule has 0 atom stereocenters. The number of rotatable bonds is 7. The van der Waals surface area contributed by atoms with E-state index in [4.69, 9.17) is 4.74 Å². The highest BCUT2D eigenvalue weighted by Gasteiger charge is 2.01. The van der Waals surface area contributed by atoms with E-state index in [9.17, 15) is 4.79 Å². The maximum Gasteiger partial charge on any atom is 0.508 e. The summed E-state index contributed by atoms with van der Waals surface area (Å²) in [4.78, 5) is 10.8. The minimum Gasteiger partial charge on any atom is -0.434 e. The molecule has 3 heteroatoms. The molecule has 0 aliphatic carbocycles. The number of unbranched alkanes of at least 4 members (excludes halogenated alkanes) is 3. The summed E-state index contributed by atoms with van der Waals surface area (Å²) in [5.41, 5.74) is 0. The summed E-state index contributed by atoms with van der Waals surface area (Å²) in [5.74, 6) is 0. The van der Waals surface area contributed by atoms with Crippen LogP contribution < -0.4 is 0 Å². The van der Waals surface area contributed by atoms with Gasteiger partial charge in [0.05, 0.1) is 6.61 Å². The molecule has 0 saturated heterocycles. The summed E-state index contributed by atoms with van der Waals surface area (Å²) in [7, 11) is 0. The zero-order chi connectivity index (χ0) is 9.94. The van der Waals surface area contributed by atoms with Crippen LogP contribution in [0.3, 0.4) is 0 Å². The Balaban J connectivity index is 3.08. The van der Waals surface area contributed by atoms with Crippen LogP contribution in [0.5, 0.6) is 0 Å². The van der Waals surface area contributed by atoms with Gasteiger partial charge in [-0.1, -0.05) is 33.1 Å². The fourth-order valence-corrected chi connectivity index (χ4v) is 0.870. The molecule has 0 rings (SSSR count). The van der Waals surface area contributed by atoms with Gasteiger partial charge in [-0.05, 0) is 12.8 Å². The van der Waals surface area contributed by atoms with E-state index >= 15 is 0 Å². The summed E-state index contributed by atoms with van der Waals surface area (Å²) in [5, 5.41) is 0. The van der Waals surface area contributed by atoms with E-state index in [0.717, 1.165) is 12.8 Å². The van der Waals surface area contributed by atoms with Gasteiger partial charge in [0.25, 0.3) is 0 Å². The molecule has 0 fully saturated rings. The maximum atomic E-state index is 10.8. The molecular formula is C10H19O3. The van der Waals surface area contributed by atoms with E-state index in [2.05, 4.69) is 11.7 Å². The molecule has 1 radical (unpaired) electrons. The molecule has 77 valence electrons. The first-order chi connectivity index (χ1) is 6.31. The largest absolute Gasteiger partial charge is 0.508 e. The molecule has 0 heterocycles. The van der Waals surface area contributed by atoms with Crippen molar-refractivity contribution in [3.8, 4) is 0 Å². The number of ether oxygens (including phenoxy) is 2. The lowest BCUT2D eigenvalue weighted by molar-refractivity contribution is 0.0713. The van der Waals surface area contributed by atoms with Crippen LogP contribution in [0.1, 0.15) is 46.0 Å². The van der Waals surface area contributed by atoms with Crippen molar-refractivity contribution in [2.75, 3.05) is 6.61 Å². The Morgan fingerprint density at radius 2 is 2.00 bits per heavy atom. The lowest BCUT2D eigenvalue weighted by Gasteiger charge is -2.03. The van der Waals surface area contributed by atoms with Crippen molar-refractivity contribution in [2.24, 2.45) is 0 Å². The Morgan fingerprint density at radius 1 is 1.23 bits per heavy atom. The molecule has 0 aliphatic heterocycles. The van der Waals surface area contributed by atoms with Crippen LogP contribution in [0.4, 0.5) is 4.79 Å². The molecule has 0 aliphatic rings. The predicted octanol–water partition coefficient (Wildman–Crippen LogP) is 3.29. The van der Waals surface area contributed by atoms with Gasteiger partial charge in [0, 0.05) is 0 Å². The summed E-state index contributed by atoms with van der Waals surface area (Å²) >= 11 is 0. The van der Waals surface area contributed by atoms with Crippen molar-refractivity contribution >= 4 is 6.16 Å². The van der Waals surface area contributed by atoms with Gasteiger partial charge < -0.3 is 9.47 Å². The van der Waals surface area contributed by atoms with Crippen molar-refractivity contribution in [1.82, 2.24) is 0 Å². The topological polar surface area (TPSA) is 35.5 Å². The number of carbonyl (C=O) groups is 1. The highest BCUT2D eigenvalue weighted by molar-refractivity contribution is 5.60. The highest BCUT2D eigenvalue weighted by atomic mass is 16.7. The van der Waals surface area contributed by atoms with Gasteiger partial charge in [0.2, 0.25) is 0 Å². The third kappa shape index (κ3) is 9.18. The SMILES string of the molecule is CC[CH]OC(=O)OCCCCCC. The second-order valence-corrected chi connectivity index (χ2v) is 2.85. The van der Waals surface area contributed by atoms with E-state index in [-0.39, 0.29) is 0 Å². The van der Waals surface area contributed by atoms with Gasteiger partial charge in [-0.15, -0.1) is 0 Å². The lowest BCUT2D eigenvalue weighted by Crippen LogP contribution is -2.06. The summed E-state index contributed by atoms with van der Waals surface area (Å²) in [6.07, 6.45) is 4.55. The van der Waals surface area contributed by atoms with Crippen molar-refractivity contribution < 1.29 is 14.3 Å². The third-order valence-corrected chi connectivity index (χ3v) is 1.56. The van der Waals surface area contributed by atoms with E-state index in [0.29, 0.717) is 13.0 Å². The monoisotopic (exact) mass is 187 g/mol. The van der Waals surface area contributed by atoms with E-state index in [1.54, 1.807) is 0 Å². The second kappa shape index (κ2) is 9.36. The fraction of sp³-hybridized carbons (Fsp3) is 0.800. The zero-order valence-electron chi connectivity index (χ0n) is 8.54. The Bertz CT molecular complexity index is 123. The standard InChI is InChI=1S/C10H19O3/c1-3-5-6-7-9-13-10(11)12-8-4-2/h8H,3-7,9H2,1-2H3. The first-order valence-electron chi connectivity index (χ1n) is 4.96. The van der Waals surface area contributed by atoms with E-state index in [1.165, 1.54) is 19.4 Å². The van der Waals surface area contributed by atoms with Crippen LogP contribution >= 0.6 is 0 Å². The van der Waals surface area contributed by atoms with Gasteiger partial charge in [-0.25, -0.2) is 4.79 Å². The Hall–Kier alpha value is -0.730. The molecule has 0 spiro atoms. The molecule has 0 aromatic carbocycles. The highest BCUT2D eigenvalue weighted by Crippen LogP contribution is 2.00. The quantitative estimate of drug-likeness (QED) is 0.453. The van der Waals surface area contributed by atoms with E-state index < -0.39 is 6.16 Å². The number of hydrogen-bond donors (Lipinski definition) is 0. The van der Waals surface area contributed by atoms with Crippen LogP contribution in [0, 0.1) is 6.61 Å². The van der Waals surface area contributed by atoms with Crippen molar-refractivity contribution in [2.45, 2.75) is 46.0 Å². The second-order valence-electron chi connectivity index (χ2n) is 2.85. The molecular weight excluding hydrogens is 168 g/mol. The van der Waals surface area contributed by atoms with Crippen LogP contribution in [-0.4, -0.2) is 12.8 Å². The molecule has 0 aromatic heterocycles. The molecule has 0 unspecified atom stereocenters. The Labute approximate surface area is 80.4 Å². The minimum atomic E-state index is -0.585. The Morgan fingerprint density at radius 3 is 2.62 bits per heavy atom. The van der Waals surface area contributed by atoms with Gasteiger partial charge in [0.15, 0.2) is 0 Å². The van der Waals surface area contributed by atoms with Crippen LogP contribution in [-0.2, 0) is 9.47 Å². The first kappa shape index (κ1) is 12.3. The minimum absolute atomic E-state index is 0.469. The summed E-state index contributed by atoms with van der Waals surface area (Å²) in [6, 6.07) is 0. The summed E-state index contributed by atoms with van der Waals surface area (Å²) < 4.78 is 9.41. The van der Waals surface area contributed by atoms with E-state index in [1.807, 2.05) is 6.92 Å². The molecule has 0 amide bonds. The molecule has 13 heavy (non-hydrogen) atoms. The number of carbonyl (C=O) groups excluding carboxylic acids is 1. The first-order valence-corrected chi connectivity index (χ1v) is 4.96. The molecule has 0 bridgehead atoms. The normalized spacial score (nSPS) is 9.69. The summed E-state index contributed by atoms with van der Waals surface area (Å²) in [6.45, 7) is 5.95.